The van der Waals surface area contributed by atoms with Crippen molar-refractivity contribution in [1.82, 2.24) is 0 Å². The minimum atomic E-state index is 0.417. The summed E-state index contributed by atoms with van der Waals surface area (Å²) in [6.45, 7) is 5.80. The molecule has 0 fully saturated rings. The number of hydrogen-bond donors (Lipinski definition) is 1. The number of hydrogen-bond acceptors (Lipinski definition) is 3. The first-order valence-electron chi connectivity index (χ1n) is 9.74. The maximum Gasteiger partial charge on any atom is 0.175 e. The zero-order valence-corrected chi connectivity index (χ0v) is 19.0. The second-order valence-corrected chi connectivity index (χ2v) is 7.95. The highest BCUT2D eigenvalue weighted by atomic mass is 79.9. The molecule has 0 aliphatic rings. The van der Waals surface area contributed by atoms with Crippen LogP contribution in [-0.2, 0) is 19.6 Å². The van der Waals surface area contributed by atoms with E-state index in [4.69, 9.17) is 21.1 Å². The van der Waals surface area contributed by atoms with Crippen LogP contribution < -0.4 is 14.8 Å². The van der Waals surface area contributed by atoms with E-state index in [2.05, 4.69) is 58.5 Å². The van der Waals surface area contributed by atoms with Crippen molar-refractivity contribution < 1.29 is 9.47 Å². The van der Waals surface area contributed by atoms with E-state index in [9.17, 15) is 0 Å². The molecule has 0 bridgehead atoms. The van der Waals surface area contributed by atoms with Crippen molar-refractivity contribution in [2.45, 2.75) is 33.4 Å². The summed E-state index contributed by atoms with van der Waals surface area (Å²) in [5.74, 6) is 1.42. The SMILES string of the molecule is CCOc1cc(CNc2ccc(CC)cc2)cc(Br)c1OCc1cccc(Cl)c1. The van der Waals surface area contributed by atoms with Gasteiger partial charge < -0.3 is 14.8 Å². The van der Waals surface area contributed by atoms with Gasteiger partial charge in [-0.15, -0.1) is 0 Å². The number of ether oxygens (including phenoxy) is 2. The number of anilines is 1. The highest BCUT2D eigenvalue weighted by Crippen LogP contribution is 2.37. The van der Waals surface area contributed by atoms with Gasteiger partial charge in [0, 0.05) is 17.3 Å². The fourth-order valence-electron chi connectivity index (χ4n) is 2.97. The van der Waals surface area contributed by atoms with Gasteiger partial charge in [-0.1, -0.05) is 42.8 Å². The summed E-state index contributed by atoms with van der Waals surface area (Å²) < 4.78 is 12.8. The van der Waals surface area contributed by atoms with E-state index in [1.165, 1.54) is 5.56 Å². The van der Waals surface area contributed by atoms with Crippen LogP contribution in [0.5, 0.6) is 11.5 Å². The Hall–Kier alpha value is -2.17. The molecule has 0 atom stereocenters. The minimum Gasteiger partial charge on any atom is -0.490 e. The van der Waals surface area contributed by atoms with Crippen molar-refractivity contribution in [3.63, 3.8) is 0 Å². The van der Waals surface area contributed by atoms with Gasteiger partial charge in [0.15, 0.2) is 11.5 Å². The van der Waals surface area contributed by atoms with Crippen molar-refractivity contribution in [2.75, 3.05) is 11.9 Å². The Kier molecular flexibility index (Phi) is 7.84. The topological polar surface area (TPSA) is 30.5 Å². The van der Waals surface area contributed by atoms with E-state index in [0.717, 1.165) is 33.5 Å². The molecule has 3 rings (SSSR count). The molecule has 0 heterocycles. The van der Waals surface area contributed by atoms with Crippen LogP contribution in [-0.4, -0.2) is 6.61 Å². The Labute approximate surface area is 186 Å². The molecule has 29 heavy (non-hydrogen) atoms. The van der Waals surface area contributed by atoms with Crippen LogP contribution >= 0.6 is 27.5 Å². The lowest BCUT2D eigenvalue weighted by Crippen LogP contribution is -2.04. The molecule has 0 saturated carbocycles. The van der Waals surface area contributed by atoms with Crippen LogP contribution in [0.25, 0.3) is 0 Å². The summed E-state index contributed by atoms with van der Waals surface area (Å²) in [4.78, 5) is 0. The summed E-state index contributed by atoms with van der Waals surface area (Å²) >= 11 is 9.71. The first-order valence-corrected chi connectivity index (χ1v) is 10.9. The predicted molar refractivity (Wildman–Crippen MR) is 124 cm³/mol. The van der Waals surface area contributed by atoms with Crippen LogP contribution in [0.3, 0.4) is 0 Å². The molecule has 0 saturated heterocycles. The van der Waals surface area contributed by atoms with E-state index in [0.29, 0.717) is 30.5 Å². The smallest absolute Gasteiger partial charge is 0.175 e. The summed E-state index contributed by atoms with van der Waals surface area (Å²) in [6, 6.07) is 20.3. The molecule has 0 amide bonds. The molecule has 0 radical (unpaired) electrons. The third kappa shape index (κ3) is 6.15. The fraction of sp³-hybridized carbons (Fsp3) is 0.250. The standard InChI is InChI=1S/C24H25BrClNO2/c1-3-17-8-10-21(11-9-17)27-15-19-13-22(25)24(23(14-19)28-4-2)29-16-18-6-5-7-20(26)12-18/h5-14,27H,3-4,15-16H2,1-2H3. The van der Waals surface area contributed by atoms with Gasteiger partial charge in [-0.2, -0.15) is 0 Å². The van der Waals surface area contributed by atoms with Crippen LogP contribution in [0.4, 0.5) is 5.69 Å². The number of rotatable bonds is 9. The molecule has 5 heteroatoms. The maximum atomic E-state index is 6.07. The van der Waals surface area contributed by atoms with Crippen molar-refractivity contribution >= 4 is 33.2 Å². The number of nitrogens with one attached hydrogen (secondary N) is 1. The van der Waals surface area contributed by atoms with Gasteiger partial charge in [-0.25, -0.2) is 0 Å². The van der Waals surface area contributed by atoms with Crippen LogP contribution in [0.2, 0.25) is 5.02 Å². The molecule has 0 unspecified atom stereocenters. The molecule has 152 valence electrons. The van der Waals surface area contributed by atoms with Gasteiger partial charge in [0.2, 0.25) is 0 Å². The largest absolute Gasteiger partial charge is 0.490 e. The lowest BCUT2D eigenvalue weighted by molar-refractivity contribution is 0.267. The first kappa shape index (κ1) is 21.5. The first-order chi connectivity index (χ1) is 14.1. The molecule has 0 aliphatic carbocycles. The van der Waals surface area contributed by atoms with E-state index in [1.54, 1.807) is 0 Å². The summed E-state index contributed by atoms with van der Waals surface area (Å²) in [7, 11) is 0. The molecule has 3 nitrogen and oxygen atoms in total. The highest BCUT2D eigenvalue weighted by Gasteiger charge is 2.13. The van der Waals surface area contributed by atoms with Crippen LogP contribution in [0.15, 0.2) is 65.1 Å². The van der Waals surface area contributed by atoms with Gasteiger partial charge in [0.25, 0.3) is 0 Å². The van der Waals surface area contributed by atoms with Gasteiger partial charge in [-0.3, -0.25) is 0 Å². The lowest BCUT2D eigenvalue weighted by atomic mass is 10.1. The molecule has 0 spiro atoms. The summed E-state index contributed by atoms with van der Waals surface area (Å²) in [5, 5.41) is 4.16. The fourth-order valence-corrected chi connectivity index (χ4v) is 3.79. The number of halogens is 2. The molecule has 1 N–H and O–H groups in total. The highest BCUT2D eigenvalue weighted by molar-refractivity contribution is 9.10. The molecular weight excluding hydrogens is 450 g/mol. The second-order valence-electron chi connectivity index (χ2n) is 6.66. The summed E-state index contributed by atoms with van der Waals surface area (Å²) in [6.07, 6.45) is 1.04. The van der Waals surface area contributed by atoms with Gasteiger partial charge in [0.1, 0.15) is 6.61 Å². The van der Waals surface area contributed by atoms with Crippen LogP contribution in [0.1, 0.15) is 30.5 Å². The molecule has 0 aliphatic heterocycles. The normalized spacial score (nSPS) is 10.6. The molecular formula is C24H25BrClNO2. The lowest BCUT2D eigenvalue weighted by Gasteiger charge is -2.16. The monoisotopic (exact) mass is 473 g/mol. The van der Waals surface area contributed by atoms with E-state index >= 15 is 0 Å². The third-order valence-corrected chi connectivity index (χ3v) is 5.32. The Morgan fingerprint density at radius 3 is 2.38 bits per heavy atom. The molecule has 3 aromatic carbocycles. The number of aryl methyl sites for hydroxylation is 1. The molecule has 3 aromatic rings. The van der Waals surface area contributed by atoms with E-state index in [1.807, 2.05) is 37.3 Å². The average Bonchev–Trinajstić information content (AvgIpc) is 2.72. The van der Waals surface area contributed by atoms with Gasteiger partial charge in [-0.05, 0) is 82.4 Å². The summed E-state index contributed by atoms with van der Waals surface area (Å²) in [5.41, 5.74) is 4.54. The molecule has 0 aromatic heterocycles. The Morgan fingerprint density at radius 1 is 0.897 bits per heavy atom. The number of benzene rings is 3. The zero-order chi connectivity index (χ0) is 20.6. The quantitative estimate of drug-likeness (QED) is 0.354. The van der Waals surface area contributed by atoms with Crippen molar-refractivity contribution in [2.24, 2.45) is 0 Å². The van der Waals surface area contributed by atoms with Crippen molar-refractivity contribution in [3.05, 3.63) is 86.8 Å². The predicted octanol–water partition coefficient (Wildman–Crippen LogP) is 7.25. The average molecular weight is 475 g/mol. The minimum absolute atomic E-state index is 0.417. The Morgan fingerprint density at radius 2 is 1.69 bits per heavy atom. The second kappa shape index (κ2) is 10.6. The van der Waals surface area contributed by atoms with Crippen LogP contribution in [0, 0.1) is 0 Å². The van der Waals surface area contributed by atoms with Crippen molar-refractivity contribution in [3.8, 4) is 11.5 Å². The Balaban J connectivity index is 1.72. The van der Waals surface area contributed by atoms with Gasteiger partial charge >= 0.3 is 0 Å². The van der Waals surface area contributed by atoms with E-state index < -0.39 is 0 Å². The zero-order valence-electron chi connectivity index (χ0n) is 16.7. The maximum absolute atomic E-state index is 6.07. The van der Waals surface area contributed by atoms with E-state index in [-0.39, 0.29) is 0 Å². The van der Waals surface area contributed by atoms with Crippen molar-refractivity contribution in [1.29, 1.82) is 0 Å². The van der Waals surface area contributed by atoms with Gasteiger partial charge in [0.05, 0.1) is 11.1 Å². The third-order valence-electron chi connectivity index (χ3n) is 4.50. The Bertz CT molecular complexity index is 944.